The Morgan fingerprint density at radius 2 is 2.11 bits per heavy atom. The highest BCUT2D eigenvalue weighted by Crippen LogP contribution is 2.22. The van der Waals surface area contributed by atoms with E-state index in [2.05, 4.69) is 15.3 Å². The molecule has 0 unspecified atom stereocenters. The van der Waals surface area contributed by atoms with E-state index in [9.17, 15) is 5.11 Å². The predicted octanol–water partition coefficient (Wildman–Crippen LogP) is 2.14. The van der Waals surface area contributed by atoms with E-state index in [0.717, 1.165) is 17.1 Å². The minimum atomic E-state index is 0.230. The molecule has 5 nitrogen and oxygen atoms in total. The minimum Gasteiger partial charge on any atom is -0.508 e. The molecule has 3 aromatic rings. The lowest BCUT2D eigenvalue weighted by Gasteiger charge is -1.97. The van der Waals surface area contributed by atoms with Crippen LogP contribution in [0.5, 0.6) is 5.75 Å². The van der Waals surface area contributed by atoms with Crippen LogP contribution in [0.1, 0.15) is 0 Å². The number of hydrogen-bond donors (Lipinski definition) is 2. The zero-order chi connectivity index (χ0) is 12.5. The standard InChI is InChI=1S/C13H12N4O/c1-14-12-5-6-17-8-11(15-13(17)16-12)9-3-2-4-10(18)7-9/h2-8,18H,1H3,(H,14,15,16). The van der Waals surface area contributed by atoms with Crippen LogP contribution < -0.4 is 5.32 Å². The summed E-state index contributed by atoms with van der Waals surface area (Å²) in [4.78, 5) is 8.77. The zero-order valence-corrected chi connectivity index (χ0v) is 9.83. The highest BCUT2D eigenvalue weighted by molar-refractivity contribution is 5.63. The molecule has 0 radical (unpaired) electrons. The van der Waals surface area contributed by atoms with Gasteiger partial charge in [-0.3, -0.25) is 4.40 Å². The van der Waals surface area contributed by atoms with Gasteiger partial charge >= 0.3 is 0 Å². The van der Waals surface area contributed by atoms with Gasteiger partial charge in [0.25, 0.3) is 0 Å². The molecule has 0 saturated heterocycles. The summed E-state index contributed by atoms with van der Waals surface area (Å²) in [5, 5.41) is 12.4. The number of nitrogens with zero attached hydrogens (tertiary/aromatic N) is 3. The van der Waals surface area contributed by atoms with Crippen molar-refractivity contribution in [2.24, 2.45) is 0 Å². The van der Waals surface area contributed by atoms with E-state index in [1.807, 2.05) is 36.0 Å². The molecule has 0 aliphatic carbocycles. The van der Waals surface area contributed by atoms with Crippen molar-refractivity contribution in [3.05, 3.63) is 42.7 Å². The first-order chi connectivity index (χ1) is 8.76. The third-order valence-electron chi connectivity index (χ3n) is 2.72. The highest BCUT2D eigenvalue weighted by atomic mass is 16.3. The molecule has 0 bridgehead atoms. The molecule has 2 heterocycles. The third kappa shape index (κ3) is 1.75. The number of anilines is 1. The van der Waals surface area contributed by atoms with Gasteiger partial charge in [0.1, 0.15) is 11.6 Å². The normalized spacial score (nSPS) is 10.7. The molecular formula is C13H12N4O. The van der Waals surface area contributed by atoms with Crippen LogP contribution in [-0.2, 0) is 0 Å². The van der Waals surface area contributed by atoms with Gasteiger partial charge in [-0.25, -0.2) is 4.98 Å². The summed E-state index contributed by atoms with van der Waals surface area (Å²) in [6.07, 6.45) is 3.78. The fourth-order valence-electron chi connectivity index (χ4n) is 1.82. The fourth-order valence-corrected chi connectivity index (χ4v) is 1.82. The van der Waals surface area contributed by atoms with Crippen LogP contribution >= 0.6 is 0 Å². The van der Waals surface area contributed by atoms with E-state index in [1.54, 1.807) is 18.2 Å². The van der Waals surface area contributed by atoms with Crippen LogP contribution in [-0.4, -0.2) is 26.5 Å². The number of nitrogens with one attached hydrogen (secondary N) is 1. The summed E-state index contributed by atoms with van der Waals surface area (Å²) in [5.41, 5.74) is 1.65. The van der Waals surface area contributed by atoms with Crippen molar-refractivity contribution in [3.8, 4) is 17.0 Å². The first-order valence-electron chi connectivity index (χ1n) is 5.59. The van der Waals surface area contributed by atoms with E-state index in [1.165, 1.54) is 0 Å². The molecule has 2 N–H and O–H groups in total. The lowest BCUT2D eigenvalue weighted by atomic mass is 10.2. The fraction of sp³-hybridized carbons (Fsp3) is 0.0769. The van der Waals surface area contributed by atoms with Gasteiger partial charge in [0.15, 0.2) is 0 Å². The number of aromatic nitrogens is 3. The van der Waals surface area contributed by atoms with Crippen molar-refractivity contribution in [1.29, 1.82) is 0 Å². The van der Waals surface area contributed by atoms with Crippen LogP contribution in [0.3, 0.4) is 0 Å². The summed E-state index contributed by atoms with van der Waals surface area (Å²) >= 11 is 0. The Morgan fingerprint density at radius 1 is 1.22 bits per heavy atom. The van der Waals surface area contributed by atoms with E-state index < -0.39 is 0 Å². The van der Waals surface area contributed by atoms with Crippen molar-refractivity contribution >= 4 is 11.6 Å². The van der Waals surface area contributed by atoms with E-state index >= 15 is 0 Å². The molecular weight excluding hydrogens is 228 g/mol. The van der Waals surface area contributed by atoms with Gasteiger partial charge in [0.2, 0.25) is 5.78 Å². The molecule has 2 aromatic heterocycles. The Labute approximate surface area is 104 Å². The topological polar surface area (TPSA) is 62.5 Å². The number of imidazole rings is 1. The third-order valence-corrected chi connectivity index (χ3v) is 2.72. The Balaban J connectivity index is 2.13. The summed E-state index contributed by atoms with van der Waals surface area (Å²) in [5.74, 6) is 1.63. The van der Waals surface area contributed by atoms with Crippen molar-refractivity contribution in [2.45, 2.75) is 0 Å². The Hall–Kier alpha value is -2.56. The van der Waals surface area contributed by atoms with Crippen molar-refractivity contribution in [3.63, 3.8) is 0 Å². The Kier molecular flexibility index (Phi) is 2.37. The largest absolute Gasteiger partial charge is 0.508 e. The van der Waals surface area contributed by atoms with Gasteiger partial charge in [-0.05, 0) is 18.2 Å². The van der Waals surface area contributed by atoms with E-state index in [4.69, 9.17) is 0 Å². The molecule has 5 heteroatoms. The molecule has 0 aliphatic rings. The SMILES string of the molecule is CNc1ccn2cc(-c3cccc(O)c3)nc2n1. The second-order valence-electron chi connectivity index (χ2n) is 3.95. The lowest BCUT2D eigenvalue weighted by Crippen LogP contribution is -1.94. The first kappa shape index (κ1) is 10.6. The molecule has 0 fully saturated rings. The maximum atomic E-state index is 9.47. The molecule has 0 atom stereocenters. The van der Waals surface area contributed by atoms with Gasteiger partial charge in [0, 0.05) is 25.0 Å². The second-order valence-corrected chi connectivity index (χ2v) is 3.95. The zero-order valence-electron chi connectivity index (χ0n) is 9.83. The van der Waals surface area contributed by atoms with Gasteiger partial charge in [0.05, 0.1) is 5.69 Å². The number of benzene rings is 1. The van der Waals surface area contributed by atoms with Crippen molar-refractivity contribution in [2.75, 3.05) is 12.4 Å². The monoisotopic (exact) mass is 240 g/mol. The molecule has 0 aliphatic heterocycles. The summed E-state index contributed by atoms with van der Waals surface area (Å²) in [6.45, 7) is 0. The molecule has 1 aromatic carbocycles. The number of rotatable bonds is 2. The van der Waals surface area contributed by atoms with Crippen molar-refractivity contribution < 1.29 is 5.11 Å². The maximum absolute atomic E-state index is 9.47. The number of fused-ring (bicyclic) bond motifs is 1. The minimum absolute atomic E-state index is 0.230. The average molecular weight is 240 g/mol. The first-order valence-corrected chi connectivity index (χ1v) is 5.59. The smallest absolute Gasteiger partial charge is 0.236 e. The highest BCUT2D eigenvalue weighted by Gasteiger charge is 2.06. The second kappa shape index (κ2) is 4.03. The molecule has 0 spiro atoms. The molecule has 0 saturated carbocycles. The summed E-state index contributed by atoms with van der Waals surface area (Å²) < 4.78 is 1.85. The van der Waals surface area contributed by atoms with E-state index in [0.29, 0.717) is 5.78 Å². The molecule has 18 heavy (non-hydrogen) atoms. The summed E-state index contributed by atoms with van der Waals surface area (Å²) in [6, 6.07) is 8.89. The number of phenols is 1. The Morgan fingerprint density at radius 3 is 2.89 bits per heavy atom. The molecule has 3 rings (SSSR count). The quantitative estimate of drug-likeness (QED) is 0.720. The number of aromatic hydroxyl groups is 1. The molecule has 0 amide bonds. The van der Waals surface area contributed by atoms with Gasteiger partial charge in [-0.2, -0.15) is 4.98 Å². The van der Waals surface area contributed by atoms with Crippen LogP contribution in [0.2, 0.25) is 0 Å². The summed E-state index contributed by atoms with van der Waals surface area (Å²) in [7, 11) is 1.82. The van der Waals surface area contributed by atoms with Crippen LogP contribution in [0.4, 0.5) is 5.82 Å². The van der Waals surface area contributed by atoms with Crippen LogP contribution in [0.15, 0.2) is 42.7 Å². The average Bonchev–Trinajstić information content (AvgIpc) is 2.81. The van der Waals surface area contributed by atoms with Gasteiger partial charge in [-0.15, -0.1) is 0 Å². The Bertz CT molecular complexity index is 705. The van der Waals surface area contributed by atoms with Crippen molar-refractivity contribution in [1.82, 2.24) is 14.4 Å². The van der Waals surface area contributed by atoms with Crippen LogP contribution in [0, 0.1) is 0 Å². The lowest BCUT2D eigenvalue weighted by molar-refractivity contribution is 0.475. The molecule has 90 valence electrons. The number of hydrogen-bond acceptors (Lipinski definition) is 4. The van der Waals surface area contributed by atoms with E-state index in [-0.39, 0.29) is 5.75 Å². The van der Waals surface area contributed by atoms with Crippen LogP contribution in [0.25, 0.3) is 17.0 Å². The van der Waals surface area contributed by atoms with Gasteiger partial charge < -0.3 is 10.4 Å². The predicted molar refractivity (Wildman–Crippen MR) is 69.6 cm³/mol. The number of phenolic OH excluding ortho intramolecular Hbond substituents is 1. The maximum Gasteiger partial charge on any atom is 0.236 e. The van der Waals surface area contributed by atoms with Gasteiger partial charge in [-0.1, -0.05) is 12.1 Å².